The second-order valence-electron chi connectivity index (χ2n) is 5.55. The second-order valence-corrected chi connectivity index (χ2v) is 5.55. The van der Waals surface area contributed by atoms with Crippen molar-refractivity contribution in [2.45, 2.75) is 26.3 Å². The summed E-state index contributed by atoms with van der Waals surface area (Å²) in [5.74, 6) is 1.47. The maximum Gasteiger partial charge on any atom is 0.342 e. The fourth-order valence-electron chi connectivity index (χ4n) is 2.76. The Labute approximate surface area is 119 Å². The third-order valence-corrected chi connectivity index (χ3v) is 3.90. The molecule has 1 fully saturated rings. The van der Waals surface area contributed by atoms with E-state index >= 15 is 0 Å². The lowest BCUT2D eigenvalue weighted by Crippen LogP contribution is -2.37. The van der Waals surface area contributed by atoms with Crippen LogP contribution >= 0.6 is 0 Å². The minimum atomic E-state index is -0.370. The van der Waals surface area contributed by atoms with Gasteiger partial charge in [-0.3, -0.25) is 0 Å². The number of imidazole rings is 1. The average Bonchev–Trinajstić information content (AvgIpc) is 2.79. The van der Waals surface area contributed by atoms with E-state index in [1.165, 1.54) is 19.0 Å². The summed E-state index contributed by atoms with van der Waals surface area (Å²) in [4.78, 5) is 16.8. The highest BCUT2D eigenvalue weighted by molar-refractivity contribution is 5.18. The van der Waals surface area contributed by atoms with Gasteiger partial charge in [0.25, 0.3) is 0 Å². The molecule has 1 aromatic heterocycles. The van der Waals surface area contributed by atoms with Crippen molar-refractivity contribution in [1.82, 2.24) is 19.8 Å². The number of nitrogens with zero attached hydrogens (tertiary/aromatic N) is 4. The average molecular weight is 281 g/mol. The number of nitrogens with one attached hydrogen (secondary N) is 1. The second kappa shape index (κ2) is 6.81. The van der Waals surface area contributed by atoms with E-state index in [0.717, 1.165) is 26.2 Å². The van der Waals surface area contributed by atoms with Crippen LogP contribution in [0, 0.1) is 23.0 Å². The zero-order valence-corrected chi connectivity index (χ0v) is 12.2. The molecule has 0 saturated carbocycles. The maximum atomic E-state index is 10.9. The number of nitro groups is 1. The third kappa shape index (κ3) is 3.77. The first-order valence-corrected chi connectivity index (χ1v) is 7.13. The Morgan fingerprint density at radius 1 is 1.65 bits per heavy atom. The molecule has 1 atom stereocenters. The number of likely N-dealkylation sites (N-methyl/N-ethyl adjacent to an activating group) is 1. The first-order chi connectivity index (χ1) is 9.58. The predicted octanol–water partition coefficient (Wildman–Crippen LogP) is 1.03. The summed E-state index contributed by atoms with van der Waals surface area (Å²) in [6.45, 7) is 6.45. The Morgan fingerprint density at radius 2 is 2.45 bits per heavy atom. The van der Waals surface area contributed by atoms with E-state index < -0.39 is 0 Å². The van der Waals surface area contributed by atoms with Gasteiger partial charge in [0.1, 0.15) is 12.7 Å². The zero-order valence-electron chi connectivity index (χ0n) is 12.2. The molecule has 1 aliphatic rings. The third-order valence-electron chi connectivity index (χ3n) is 3.90. The quantitative estimate of drug-likeness (QED) is 0.622. The Balaban J connectivity index is 1.85. The highest BCUT2D eigenvalue weighted by Gasteiger charge is 2.19. The van der Waals surface area contributed by atoms with Crippen molar-refractivity contribution in [3.05, 3.63) is 22.1 Å². The molecular weight excluding hydrogens is 258 g/mol. The van der Waals surface area contributed by atoms with Crippen LogP contribution in [0.15, 0.2) is 6.20 Å². The summed E-state index contributed by atoms with van der Waals surface area (Å²) < 4.78 is 1.68. The molecule has 7 nitrogen and oxygen atoms in total. The van der Waals surface area contributed by atoms with E-state index in [9.17, 15) is 10.1 Å². The van der Waals surface area contributed by atoms with Crippen molar-refractivity contribution in [3.8, 4) is 0 Å². The molecule has 0 bridgehead atoms. The highest BCUT2D eigenvalue weighted by Crippen LogP contribution is 2.14. The summed E-state index contributed by atoms with van der Waals surface area (Å²) >= 11 is 0. The standard InChI is InChI=1S/C13H23N5O2/c1-11-15-9-13(18(19)20)17(11)7-6-16(2)10-12-4-3-5-14-8-12/h9,12,14H,3-8,10H2,1-2H3. The molecule has 0 aromatic carbocycles. The summed E-state index contributed by atoms with van der Waals surface area (Å²) in [7, 11) is 2.08. The lowest BCUT2D eigenvalue weighted by Gasteiger charge is -2.27. The van der Waals surface area contributed by atoms with Gasteiger partial charge in [0, 0.05) is 20.0 Å². The molecule has 1 aromatic rings. The van der Waals surface area contributed by atoms with Gasteiger partial charge in [0.2, 0.25) is 0 Å². The molecule has 0 spiro atoms. The Bertz CT molecular complexity index is 454. The molecule has 20 heavy (non-hydrogen) atoms. The molecule has 0 radical (unpaired) electrons. The van der Waals surface area contributed by atoms with Crippen LogP contribution in [-0.4, -0.2) is 52.6 Å². The van der Waals surface area contributed by atoms with E-state index in [-0.39, 0.29) is 10.7 Å². The Kier molecular flexibility index (Phi) is 5.08. The molecule has 112 valence electrons. The number of hydrogen-bond acceptors (Lipinski definition) is 5. The van der Waals surface area contributed by atoms with Crippen LogP contribution in [0.25, 0.3) is 0 Å². The van der Waals surface area contributed by atoms with Gasteiger partial charge < -0.3 is 20.3 Å². The van der Waals surface area contributed by atoms with Crippen molar-refractivity contribution in [3.63, 3.8) is 0 Å². The first-order valence-electron chi connectivity index (χ1n) is 7.13. The molecule has 1 unspecified atom stereocenters. The van der Waals surface area contributed by atoms with Crippen LogP contribution in [0.2, 0.25) is 0 Å². The smallest absolute Gasteiger partial charge is 0.342 e. The fourth-order valence-corrected chi connectivity index (χ4v) is 2.76. The van der Waals surface area contributed by atoms with Gasteiger partial charge in [-0.05, 0) is 43.8 Å². The molecule has 0 aliphatic carbocycles. The topological polar surface area (TPSA) is 76.2 Å². The van der Waals surface area contributed by atoms with E-state index in [1.807, 2.05) is 0 Å². The van der Waals surface area contributed by atoms with Crippen molar-refractivity contribution < 1.29 is 4.92 Å². The van der Waals surface area contributed by atoms with Crippen molar-refractivity contribution in [2.24, 2.45) is 5.92 Å². The SMILES string of the molecule is Cc1ncc([N+](=O)[O-])n1CCN(C)CC1CCCNC1. The number of piperidine rings is 1. The fraction of sp³-hybridized carbons (Fsp3) is 0.769. The van der Waals surface area contributed by atoms with Crippen molar-refractivity contribution >= 4 is 5.82 Å². The van der Waals surface area contributed by atoms with Gasteiger partial charge >= 0.3 is 5.82 Å². The van der Waals surface area contributed by atoms with Gasteiger partial charge in [-0.15, -0.1) is 0 Å². The summed E-state index contributed by atoms with van der Waals surface area (Å²) in [5.41, 5.74) is 0. The van der Waals surface area contributed by atoms with E-state index in [0.29, 0.717) is 18.3 Å². The summed E-state index contributed by atoms with van der Waals surface area (Å²) in [5, 5.41) is 14.3. The molecule has 2 rings (SSSR count). The minimum absolute atomic E-state index is 0.0789. The van der Waals surface area contributed by atoms with Gasteiger partial charge in [0.05, 0.1) is 0 Å². The normalized spacial score (nSPS) is 19.4. The number of rotatable bonds is 6. The Morgan fingerprint density at radius 3 is 3.10 bits per heavy atom. The first kappa shape index (κ1) is 14.9. The van der Waals surface area contributed by atoms with Crippen LogP contribution in [-0.2, 0) is 6.54 Å². The molecule has 2 heterocycles. The lowest BCUT2D eigenvalue weighted by atomic mass is 9.99. The van der Waals surface area contributed by atoms with Crippen LogP contribution in [0.1, 0.15) is 18.7 Å². The highest BCUT2D eigenvalue weighted by atomic mass is 16.6. The van der Waals surface area contributed by atoms with Gasteiger partial charge in [0.15, 0.2) is 5.82 Å². The lowest BCUT2D eigenvalue weighted by molar-refractivity contribution is -0.392. The zero-order chi connectivity index (χ0) is 14.5. The number of aryl methyl sites for hydroxylation is 1. The van der Waals surface area contributed by atoms with Crippen LogP contribution in [0.3, 0.4) is 0 Å². The number of aromatic nitrogens is 2. The molecule has 7 heteroatoms. The predicted molar refractivity (Wildman–Crippen MR) is 76.7 cm³/mol. The minimum Gasteiger partial charge on any atom is -0.358 e. The van der Waals surface area contributed by atoms with Gasteiger partial charge in [-0.2, -0.15) is 0 Å². The van der Waals surface area contributed by atoms with Crippen LogP contribution < -0.4 is 5.32 Å². The largest absolute Gasteiger partial charge is 0.358 e. The molecular formula is C13H23N5O2. The molecule has 1 saturated heterocycles. The van der Waals surface area contributed by atoms with Gasteiger partial charge in [-0.25, -0.2) is 9.55 Å². The van der Waals surface area contributed by atoms with Crippen molar-refractivity contribution in [1.29, 1.82) is 0 Å². The van der Waals surface area contributed by atoms with E-state index in [4.69, 9.17) is 0 Å². The summed E-state index contributed by atoms with van der Waals surface area (Å²) in [6.07, 6.45) is 3.84. The Hall–Kier alpha value is -1.47. The monoisotopic (exact) mass is 281 g/mol. The van der Waals surface area contributed by atoms with Gasteiger partial charge in [-0.1, -0.05) is 0 Å². The summed E-state index contributed by atoms with van der Waals surface area (Å²) in [6, 6.07) is 0. The van der Waals surface area contributed by atoms with E-state index in [1.54, 1.807) is 11.5 Å². The van der Waals surface area contributed by atoms with E-state index in [2.05, 4.69) is 22.2 Å². The number of hydrogen-bond donors (Lipinski definition) is 1. The maximum absolute atomic E-state index is 10.9. The van der Waals surface area contributed by atoms with Crippen LogP contribution in [0.4, 0.5) is 5.82 Å². The molecule has 1 N–H and O–H groups in total. The molecule has 1 aliphatic heterocycles. The van der Waals surface area contributed by atoms with Crippen molar-refractivity contribution in [2.75, 3.05) is 33.2 Å². The molecule has 0 amide bonds. The van der Waals surface area contributed by atoms with Crippen LogP contribution in [0.5, 0.6) is 0 Å².